The maximum atomic E-state index is 12.5. The highest BCUT2D eigenvalue weighted by Crippen LogP contribution is 2.31. The average molecular weight is 498 g/mol. The van der Waals surface area contributed by atoms with Gasteiger partial charge < -0.3 is 24.8 Å². The van der Waals surface area contributed by atoms with Crippen molar-refractivity contribution in [2.24, 2.45) is 5.73 Å². The Kier molecular flexibility index (Phi) is 5.86. The van der Waals surface area contributed by atoms with Crippen LogP contribution in [0.25, 0.3) is 32.8 Å². The lowest BCUT2D eigenvalue weighted by Gasteiger charge is -2.27. The molecule has 0 spiro atoms. The number of nitrogens with zero attached hydrogens (tertiary/aromatic N) is 3. The Labute approximate surface area is 212 Å². The second-order valence-electron chi connectivity index (χ2n) is 9.28. The highest BCUT2D eigenvalue weighted by atomic mass is 16.5. The molecule has 188 valence electrons. The van der Waals surface area contributed by atoms with Crippen molar-refractivity contribution < 1.29 is 13.9 Å². The Morgan fingerprint density at radius 3 is 2.65 bits per heavy atom. The first-order valence-electron chi connectivity index (χ1n) is 12.3. The summed E-state index contributed by atoms with van der Waals surface area (Å²) in [4.78, 5) is 31.7. The van der Waals surface area contributed by atoms with Crippen LogP contribution in [0.4, 0.5) is 11.6 Å². The first-order chi connectivity index (χ1) is 18.0. The van der Waals surface area contributed by atoms with Gasteiger partial charge >= 0.3 is 5.63 Å². The summed E-state index contributed by atoms with van der Waals surface area (Å²) >= 11 is 0. The number of ether oxygens (including phenoxy) is 1. The minimum atomic E-state index is -0.803. The molecule has 9 nitrogen and oxygen atoms in total. The zero-order valence-electron chi connectivity index (χ0n) is 20.5. The molecule has 5 aromatic rings. The second kappa shape index (κ2) is 9.34. The van der Waals surface area contributed by atoms with Crippen LogP contribution >= 0.6 is 0 Å². The number of amides is 1. The molecule has 1 aliphatic heterocycles. The fourth-order valence-corrected chi connectivity index (χ4v) is 5.10. The summed E-state index contributed by atoms with van der Waals surface area (Å²) < 4.78 is 13.1. The molecule has 9 heteroatoms. The zero-order chi connectivity index (χ0) is 25.5. The van der Waals surface area contributed by atoms with Gasteiger partial charge in [0, 0.05) is 48.7 Å². The van der Waals surface area contributed by atoms with E-state index in [2.05, 4.69) is 33.0 Å². The van der Waals surface area contributed by atoms with E-state index in [9.17, 15) is 9.59 Å². The summed E-state index contributed by atoms with van der Waals surface area (Å²) in [7, 11) is 0. The largest absolute Gasteiger partial charge is 0.422 e. The minimum absolute atomic E-state index is 0.132. The van der Waals surface area contributed by atoms with E-state index < -0.39 is 11.5 Å². The molecule has 1 amide bonds. The zero-order valence-corrected chi connectivity index (χ0v) is 20.5. The van der Waals surface area contributed by atoms with Crippen molar-refractivity contribution in [2.75, 3.05) is 38.2 Å². The van der Waals surface area contributed by atoms with Crippen LogP contribution in [0.5, 0.6) is 0 Å². The van der Waals surface area contributed by atoms with Crippen molar-refractivity contribution in [3.63, 3.8) is 0 Å². The van der Waals surface area contributed by atoms with Crippen LogP contribution < -0.4 is 16.7 Å². The average Bonchev–Trinajstić information content (AvgIpc) is 3.23. The van der Waals surface area contributed by atoms with E-state index in [1.54, 1.807) is 6.92 Å². The monoisotopic (exact) mass is 497 g/mol. The van der Waals surface area contributed by atoms with Crippen LogP contribution in [0.2, 0.25) is 0 Å². The number of anilines is 2. The summed E-state index contributed by atoms with van der Waals surface area (Å²) in [5.74, 6) is -0.118. The molecule has 0 saturated carbocycles. The number of carbonyl (C=O) groups excluding carboxylic acids is 1. The topological polar surface area (TPSA) is 116 Å². The predicted octanol–water partition coefficient (Wildman–Crippen LogP) is 3.78. The smallest absolute Gasteiger partial charge is 0.349 e. The molecule has 37 heavy (non-hydrogen) atoms. The number of rotatable bonds is 6. The molecule has 0 bridgehead atoms. The quantitative estimate of drug-likeness (QED) is 0.343. The number of hydrogen-bond acceptors (Lipinski definition) is 7. The van der Waals surface area contributed by atoms with Crippen molar-refractivity contribution in [3.8, 4) is 0 Å². The Balaban J connectivity index is 1.50. The van der Waals surface area contributed by atoms with Crippen molar-refractivity contribution >= 4 is 50.3 Å². The summed E-state index contributed by atoms with van der Waals surface area (Å²) in [6.45, 7) is 6.41. The number of aryl methyl sites for hydroxylation is 1. The van der Waals surface area contributed by atoms with Crippen LogP contribution in [-0.2, 0) is 11.3 Å². The lowest BCUT2D eigenvalue weighted by atomic mass is 10.1. The van der Waals surface area contributed by atoms with Gasteiger partial charge in [0.1, 0.15) is 11.1 Å². The molecule has 1 fully saturated rings. The Bertz CT molecular complexity index is 1710. The van der Waals surface area contributed by atoms with Gasteiger partial charge in [-0.15, -0.1) is 0 Å². The van der Waals surface area contributed by atoms with Crippen LogP contribution in [0.3, 0.4) is 0 Å². The van der Waals surface area contributed by atoms with Crippen LogP contribution in [-0.4, -0.2) is 53.2 Å². The van der Waals surface area contributed by atoms with E-state index in [1.165, 1.54) is 0 Å². The number of fused-ring (bicyclic) bond motifs is 3. The normalized spacial score (nSPS) is 14.5. The molecular formula is C28H27N5O4. The number of nitrogens with one attached hydrogen (secondary N) is 1. The van der Waals surface area contributed by atoms with Gasteiger partial charge in [-0.25, -0.2) is 9.78 Å². The summed E-state index contributed by atoms with van der Waals surface area (Å²) in [5.41, 5.74) is 7.98. The summed E-state index contributed by atoms with van der Waals surface area (Å²) in [6.07, 6.45) is 0. The summed E-state index contributed by atoms with van der Waals surface area (Å²) in [5, 5.41) is 6.40. The van der Waals surface area contributed by atoms with Gasteiger partial charge in [0.25, 0.3) is 5.91 Å². The molecule has 1 aliphatic rings. The fraction of sp³-hybridized carbons (Fsp3) is 0.250. The van der Waals surface area contributed by atoms with E-state index >= 15 is 0 Å². The third kappa shape index (κ3) is 4.22. The molecule has 6 rings (SSSR count). The van der Waals surface area contributed by atoms with E-state index in [-0.39, 0.29) is 5.56 Å². The third-order valence-electron chi connectivity index (χ3n) is 7.06. The second-order valence-corrected chi connectivity index (χ2v) is 9.28. The highest BCUT2D eigenvalue weighted by Gasteiger charge is 2.20. The molecule has 3 heterocycles. The Morgan fingerprint density at radius 1 is 1.05 bits per heavy atom. The number of benzene rings is 3. The molecule has 0 radical (unpaired) electrons. The predicted molar refractivity (Wildman–Crippen MR) is 144 cm³/mol. The number of primary amides is 1. The van der Waals surface area contributed by atoms with Crippen molar-refractivity contribution in [3.05, 3.63) is 76.1 Å². The summed E-state index contributed by atoms with van der Waals surface area (Å²) in [6, 6.07) is 18.0. The van der Waals surface area contributed by atoms with Crippen LogP contribution in [0, 0.1) is 6.92 Å². The van der Waals surface area contributed by atoms with E-state index in [4.69, 9.17) is 19.9 Å². The molecule has 0 atom stereocenters. The molecular weight excluding hydrogens is 470 g/mol. The lowest BCUT2D eigenvalue weighted by molar-refractivity contribution is 0.0366. The molecule has 0 unspecified atom stereocenters. The fourth-order valence-electron chi connectivity index (χ4n) is 5.10. The van der Waals surface area contributed by atoms with Crippen LogP contribution in [0.1, 0.15) is 15.9 Å². The maximum absolute atomic E-state index is 12.5. The van der Waals surface area contributed by atoms with Gasteiger partial charge in [-0.1, -0.05) is 36.4 Å². The van der Waals surface area contributed by atoms with Crippen LogP contribution in [0.15, 0.2) is 63.8 Å². The Hall–Kier alpha value is -4.21. The van der Waals surface area contributed by atoms with E-state index in [0.29, 0.717) is 29.0 Å². The van der Waals surface area contributed by atoms with E-state index in [1.807, 2.05) is 36.4 Å². The molecule has 3 N–H and O–H groups in total. The maximum Gasteiger partial charge on any atom is 0.349 e. The van der Waals surface area contributed by atoms with Gasteiger partial charge in [0.05, 0.1) is 24.2 Å². The third-order valence-corrected chi connectivity index (χ3v) is 7.06. The standard InChI is InChI=1S/C28H27N5O4/c1-17-20-15-22-23(16-24(20)37-27(35)25(17)26(29)34)33(10-9-32-11-13-36-14-12-32)28(31-22)30-21-8-4-6-18-5-2-3-7-19(18)21/h2-8,15-16H,9-14H2,1H3,(H2,29,34)(H,30,31). The molecule has 3 aromatic carbocycles. The number of imidazole rings is 1. The van der Waals surface area contributed by atoms with Gasteiger partial charge in [-0.3, -0.25) is 9.69 Å². The number of aromatic nitrogens is 2. The van der Waals surface area contributed by atoms with Gasteiger partial charge in [0.15, 0.2) is 0 Å². The number of morpholine rings is 1. The number of hydrogen-bond donors (Lipinski definition) is 2. The van der Waals surface area contributed by atoms with Crippen molar-refractivity contribution in [1.82, 2.24) is 14.5 Å². The van der Waals surface area contributed by atoms with Gasteiger partial charge in [-0.05, 0) is 30.0 Å². The van der Waals surface area contributed by atoms with Gasteiger partial charge in [0.2, 0.25) is 5.95 Å². The molecule has 2 aromatic heterocycles. The first kappa shape index (κ1) is 23.2. The minimum Gasteiger partial charge on any atom is -0.422 e. The van der Waals surface area contributed by atoms with Crippen molar-refractivity contribution in [1.29, 1.82) is 0 Å². The number of carbonyl (C=O) groups is 1. The van der Waals surface area contributed by atoms with Gasteiger partial charge in [-0.2, -0.15) is 0 Å². The van der Waals surface area contributed by atoms with E-state index in [0.717, 1.165) is 60.3 Å². The first-order valence-corrected chi connectivity index (χ1v) is 12.3. The highest BCUT2D eigenvalue weighted by molar-refractivity contribution is 6.02. The molecule has 0 aliphatic carbocycles. The van der Waals surface area contributed by atoms with Crippen molar-refractivity contribution in [2.45, 2.75) is 13.5 Å². The lowest BCUT2D eigenvalue weighted by Crippen LogP contribution is -2.38. The number of nitrogens with two attached hydrogens (primary N) is 1. The Morgan fingerprint density at radius 2 is 1.84 bits per heavy atom. The SMILES string of the molecule is Cc1c(C(N)=O)c(=O)oc2cc3c(cc12)nc(Nc1cccc2ccccc12)n3CCN1CCOCC1. The molecule has 1 saturated heterocycles.